The number of benzene rings is 3. The normalized spacial score (nSPS) is 11.0. The maximum absolute atomic E-state index is 12.8. The number of carbonyl (C=O) groups excluding carboxylic acids is 1. The van der Waals surface area contributed by atoms with Crippen LogP contribution in [0, 0.1) is 0 Å². The smallest absolute Gasteiger partial charge is 0.349 e. The Bertz CT molecular complexity index is 1500. The summed E-state index contributed by atoms with van der Waals surface area (Å²) < 4.78 is 10.6. The maximum atomic E-state index is 12.8. The van der Waals surface area contributed by atoms with E-state index in [1.54, 1.807) is 24.3 Å². The van der Waals surface area contributed by atoms with Gasteiger partial charge in [0.25, 0.3) is 5.91 Å². The highest BCUT2D eigenvalue weighted by Gasteiger charge is 2.16. The van der Waals surface area contributed by atoms with Gasteiger partial charge in [-0.1, -0.05) is 36.4 Å². The van der Waals surface area contributed by atoms with E-state index in [-0.39, 0.29) is 5.56 Å². The summed E-state index contributed by atoms with van der Waals surface area (Å²) in [6.45, 7) is 0. The van der Waals surface area contributed by atoms with Gasteiger partial charge in [-0.25, -0.2) is 4.79 Å². The summed E-state index contributed by atoms with van der Waals surface area (Å²) in [6.07, 6.45) is 1.90. The molecule has 0 aliphatic rings. The molecule has 5 rings (SSSR count). The lowest BCUT2D eigenvalue weighted by Gasteiger charge is -2.09. The van der Waals surface area contributed by atoms with Crippen LogP contribution in [0.4, 0.5) is 5.69 Å². The summed E-state index contributed by atoms with van der Waals surface area (Å²) >= 11 is 0. The van der Waals surface area contributed by atoms with Crippen molar-refractivity contribution in [1.29, 1.82) is 0 Å². The molecule has 0 spiro atoms. The number of aromatic amines is 1. The van der Waals surface area contributed by atoms with Gasteiger partial charge in [-0.05, 0) is 52.9 Å². The second kappa shape index (κ2) is 7.50. The Morgan fingerprint density at radius 2 is 1.77 bits per heavy atom. The third-order valence-electron chi connectivity index (χ3n) is 5.20. The van der Waals surface area contributed by atoms with Crippen LogP contribution in [0.25, 0.3) is 33.0 Å². The topological polar surface area (TPSA) is 84.3 Å². The molecule has 0 radical (unpaired) electrons. The monoisotopic (exact) mass is 410 g/mol. The Hall–Kier alpha value is -4.32. The van der Waals surface area contributed by atoms with E-state index in [1.807, 2.05) is 42.6 Å². The van der Waals surface area contributed by atoms with Gasteiger partial charge in [0.05, 0.1) is 7.11 Å². The molecule has 31 heavy (non-hydrogen) atoms. The third-order valence-corrected chi connectivity index (χ3v) is 5.20. The molecule has 2 N–H and O–H groups in total. The molecule has 2 heterocycles. The highest BCUT2D eigenvalue weighted by atomic mass is 16.5. The van der Waals surface area contributed by atoms with Crippen molar-refractivity contribution in [2.75, 3.05) is 12.4 Å². The van der Waals surface area contributed by atoms with Gasteiger partial charge >= 0.3 is 5.63 Å². The van der Waals surface area contributed by atoms with E-state index in [0.29, 0.717) is 22.4 Å². The molecule has 0 aliphatic heterocycles. The average molecular weight is 410 g/mol. The minimum absolute atomic E-state index is 0.0704. The minimum atomic E-state index is -0.720. The Kier molecular flexibility index (Phi) is 4.52. The van der Waals surface area contributed by atoms with E-state index in [4.69, 9.17) is 9.15 Å². The summed E-state index contributed by atoms with van der Waals surface area (Å²) in [7, 11) is 1.50. The molecule has 0 unspecified atom stereocenters. The molecule has 0 saturated heterocycles. The molecule has 5 aromatic rings. The van der Waals surface area contributed by atoms with Gasteiger partial charge in [0.2, 0.25) is 0 Å². The third kappa shape index (κ3) is 3.44. The average Bonchev–Trinajstić information content (AvgIpc) is 3.26. The van der Waals surface area contributed by atoms with Crippen LogP contribution < -0.4 is 15.7 Å². The number of amides is 1. The Morgan fingerprint density at radius 3 is 2.65 bits per heavy atom. The van der Waals surface area contributed by atoms with Gasteiger partial charge in [0, 0.05) is 22.8 Å². The summed E-state index contributed by atoms with van der Waals surface area (Å²) in [6, 6.07) is 22.4. The summed E-state index contributed by atoms with van der Waals surface area (Å²) in [5.41, 5.74) is 3.11. The van der Waals surface area contributed by atoms with E-state index in [2.05, 4.69) is 16.4 Å². The quantitative estimate of drug-likeness (QED) is 0.399. The predicted octanol–water partition coefficient (Wildman–Crippen LogP) is 5.20. The fraction of sp³-hybridized carbons (Fsp3) is 0.0400. The Morgan fingerprint density at radius 1 is 0.935 bits per heavy atom. The Balaban J connectivity index is 1.46. The first kappa shape index (κ1) is 18.7. The standard InChI is InChI=1S/C25H18N2O4/c1-30-22-7-3-5-18-13-20(25(29)31-23(18)22)24(28)27-19-6-2-4-16(12-19)17-9-8-15-10-11-26-21(15)14-17/h2-14,26H,1H3,(H,27,28). The van der Waals surface area contributed by atoms with Crippen molar-refractivity contribution in [2.24, 2.45) is 0 Å². The zero-order valence-electron chi connectivity index (χ0n) is 16.6. The van der Waals surface area contributed by atoms with Crippen LogP contribution in [0.15, 0.2) is 88.2 Å². The van der Waals surface area contributed by atoms with Gasteiger partial charge in [-0.2, -0.15) is 0 Å². The molecule has 0 bridgehead atoms. The summed E-state index contributed by atoms with van der Waals surface area (Å²) in [5.74, 6) is -0.0938. The lowest BCUT2D eigenvalue weighted by molar-refractivity contribution is 0.102. The number of para-hydroxylation sites is 1. The second-order valence-electron chi connectivity index (χ2n) is 7.14. The largest absolute Gasteiger partial charge is 0.493 e. The van der Waals surface area contributed by atoms with Crippen LogP contribution in [-0.2, 0) is 0 Å². The van der Waals surface area contributed by atoms with Gasteiger partial charge in [-0.3, -0.25) is 4.79 Å². The number of carbonyl (C=O) groups is 1. The molecule has 2 aromatic heterocycles. The predicted molar refractivity (Wildman–Crippen MR) is 121 cm³/mol. The zero-order chi connectivity index (χ0) is 21.4. The highest BCUT2D eigenvalue weighted by molar-refractivity contribution is 6.06. The van der Waals surface area contributed by atoms with Gasteiger partial charge < -0.3 is 19.5 Å². The molecule has 152 valence electrons. The van der Waals surface area contributed by atoms with Crippen LogP contribution in [0.1, 0.15) is 10.4 Å². The van der Waals surface area contributed by atoms with E-state index >= 15 is 0 Å². The van der Waals surface area contributed by atoms with E-state index in [9.17, 15) is 9.59 Å². The second-order valence-corrected chi connectivity index (χ2v) is 7.14. The van der Waals surface area contributed by atoms with Crippen molar-refractivity contribution in [3.8, 4) is 16.9 Å². The van der Waals surface area contributed by atoms with Crippen LogP contribution in [0.3, 0.4) is 0 Å². The van der Waals surface area contributed by atoms with Gasteiger partial charge in [0.15, 0.2) is 11.3 Å². The molecule has 6 nitrogen and oxygen atoms in total. The van der Waals surface area contributed by atoms with Crippen molar-refractivity contribution >= 4 is 33.5 Å². The number of anilines is 1. The molecule has 0 saturated carbocycles. The minimum Gasteiger partial charge on any atom is -0.493 e. The number of fused-ring (bicyclic) bond motifs is 2. The number of H-pyrrole nitrogens is 1. The lowest BCUT2D eigenvalue weighted by atomic mass is 10.0. The lowest BCUT2D eigenvalue weighted by Crippen LogP contribution is -2.20. The number of nitrogens with one attached hydrogen (secondary N) is 2. The molecule has 3 aromatic carbocycles. The van der Waals surface area contributed by atoms with Gasteiger partial charge in [0.1, 0.15) is 5.56 Å². The first-order chi connectivity index (χ1) is 15.1. The molecule has 6 heteroatoms. The van der Waals surface area contributed by atoms with Crippen molar-refractivity contribution in [3.05, 3.63) is 95.0 Å². The van der Waals surface area contributed by atoms with Crippen LogP contribution in [-0.4, -0.2) is 18.0 Å². The molecule has 1 amide bonds. The SMILES string of the molecule is COc1cccc2cc(C(=O)Nc3cccc(-c4ccc5cc[nH]c5c4)c3)c(=O)oc12. The molecule has 0 atom stereocenters. The summed E-state index contributed by atoms with van der Waals surface area (Å²) in [4.78, 5) is 28.5. The number of rotatable bonds is 4. The van der Waals surface area contributed by atoms with Gasteiger partial charge in [-0.15, -0.1) is 0 Å². The molecular formula is C25H18N2O4. The Labute approximate surface area is 177 Å². The van der Waals surface area contributed by atoms with Crippen LogP contribution in [0.5, 0.6) is 5.75 Å². The number of hydrogen-bond acceptors (Lipinski definition) is 4. The maximum Gasteiger partial charge on any atom is 0.349 e. The van der Waals surface area contributed by atoms with E-state index in [0.717, 1.165) is 22.0 Å². The molecule has 0 aliphatic carbocycles. The number of methoxy groups -OCH3 is 1. The van der Waals surface area contributed by atoms with E-state index in [1.165, 1.54) is 13.2 Å². The first-order valence-electron chi connectivity index (χ1n) is 9.72. The number of hydrogen-bond donors (Lipinski definition) is 2. The van der Waals surface area contributed by atoms with Crippen molar-refractivity contribution in [2.45, 2.75) is 0 Å². The first-order valence-corrected chi connectivity index (χ1v) is 9.72. The number of aromatic nitrogens is 1. The van der Waals surface area contributed by atoms with Crippen molar-refractivity contribution in [1.82, 2.24) is 4.98 Å². The molecular weight excluding hydrogens is 392 g/mol. The zero-order valence-corrected chi connectivity index (χ0v) is 16.6. The summed E-state index contributed by atoms with van der Waals surface area (Å²) in [5, 5.41) is 4.54. The van der Waals surface area contributed by atoms with E-state index < -0.39 is 11.5 Å². The number of ether oxygens (including phenoxy) is 1. The molecule has 0 fully saturated rings. The van der Waals surface area contributed by atoms with Crippen LogP contribution >= 0.6 is 0 Å². The van der Waals surface area contributed by atoms with Crippen molar-refractivity contribution in [3.63, 3.8) is 0 Å². The van der Waals surface area contributed by atoms with Crippen LogP contribution in [0.2, 0.25) is 0 Å². The fourth-order valence-corrected chi connectivity index (χ4v) is 3.64. The van der Waals surface area contributed by atoms with Crippen molar-refractivity contribution < 1.29 is 13.9 Å². The highest BCUT2D eigenvalue weighted by Crippen LogP contribution is 2.27. The fourth-order valence-electron chi connectivity index (χ4n) is 3.64.